The second-order valence-corrected chi connectivity index (χ2v) is 8.08. The van der Waals surface area contributed by atoms with Crippen molar-refractivity contribution in [2.75, 3.05) is 0 Å². The standard InChI is InChI=1S/C22H20F3N3O/c23-22(24,25)20-18(2-1-11-26-20)28-19-12-15(14-6-7-14)8-9-16(19)17(27-21(28)29)10-5-13-3-4-13/h1-2,8-9,11-14H,3-7,10H2. The topological polar surface area (TPSA) is 47.8 Å². The van der Waals surface area contributed by atoms with E-state index in [1.54, 1.807) is 0 Å². The Labute approximate surface area is 165 Å². The molecule has 0 saturated heterocycles. The zero-order valence-electron chi connectivity index (χ0n) is 15.7. The van der Waals surface area contributed by atoms with E-state index in [1.165, 1.54) is 25.0 Å². The summed E-state index contributed by atoms with van der Waals surface area (Å²) in [5, 5.41) is 0.742. The zero-order valence-corrected chi connectivity index (χ0v) is 15.7. The van der Waals surface area contributed by atoms with Crippen LogP contribution in [0.1, 0.15) is 55.0 Å². The first-order chi connectivity index (χ1) is 13.9. The van der Waals surface area contributed by atoms with Gasteiger partial charge in [-0.2, -0.15) is 18.2 Å². The van der Waals surface area contributed by atoms with Gasteiger partial charge >= 0.3 is 11.9 Å². The van der Waals surface area contributed by atoms with Gasteiger partial charge < -0.3 is 0 Å². The monoisotopic (exact) mass is 399 g/mol. The second-order valence-electron chi connectivity index (χ2n) is 8.08. The molecule has 0 N–H and O–H groups in total. The van der Waals surface area contributed by atoms with Crippen molar-refractivity contribution < 1.29 is 13.2 Å². The molecule has 4 nitrogen and oxygen atoms in total. The maximum Gasteiger partial charge on any atom is 0.435 e. The molecule has 0 aliphatic heterocycles. The van der Waals surface area contributed by atoms with Crippen LogP contribution in [0.15, 0.2) is 41.3 Å². The van der Waals surface area contributed by atoms with Crippen LogP contribution in [0, 0.1) is 5.92 Å². The van der Waals surface area contributed by atoms with Gasteiger partial charge in [-0.15, -0.1) is 0 Å². The second kappa shape index (κ2) is 6.68. The van der Waals surface area contributed by atoms with Crippen molar-refractivity contribution >= 4 is 10.9 Å². The molecule has 0 atom stereocenters. The number of aromatic nitrogens is 3. The predicted octanol–water partition coefficient (Wildman–Crippen LogP) is 5.02. The van der Waals surface area contributed by atoms with Crippen LogP contribution in [0.3, 0.4) is 0 Å². The summed E-state index contributed by atoms with van der Waals surface area (Å²) in [6.07, 6.45) is 2.58. The minimum absolute atomic E-state index is 0.274. The summed E-state index contributed by atoms with van der Waals surface area (Å²) >= 11 is 0. The average Bonchev–Trinajstić information content (AvgIpc) is 3.59. The van der Waals surface area contributed by atoms with Crippen LogP contribution < -0.4 is 5.69 Å². The molecule has 2 aliphatic carbocycles. The number of benzene rings is 1. The number of rotatable bonds is 5. The SMILES string of the molecule is O=c1nc(CCC2CC2)c2ccc(C3CC3)cc2n1-c1cccnc1C(F)(F)F. The highest BCUT2D eigenvalue weighted by Crippen LogP contribution is 2.41. The smallest absolute Gasteiger partial charge is 0.258 e. The van der Waals surface area contributed by atoms with Crippen LogP contribution in [0.25, 0.3) is 16.6 Å². The molecule has 2 saturated carbocycles. The Morgan fingerprint density at radius 2 is 1.90 bits per heavy atom. The molecule has 29 heavy (non-hydrogen) atoms. The van der Waals surface area contributed by atoms with Crippen molar-refractivity contribution in [1.29, 1.82) is 0 Å². The third-order valence-corrected chi connectivity index (χ3v) is 5.83. The maximum absolute atomic E-state index is 13.6. The number of pyridine rings is 1. The Balaban J connectivity index is 1.75. The molecular weight excluding hydrogens is 379 g/mol. The first kappa shape index (κ1) is 18.3. The Bertz CT molecular complexity index is 1140. The van der Waals surface area contributed by atoms with Gasteiger partial charge in [-0.1, -0.05) is 25.0 Å². The van der Waals surface area contributed by atoms with E-state index in [1.807, 2.05) is 18.2 Å². The van der Waals surface area contributed by atoms with Crippen LogP contribution >= 0.6 is 0 Å². The number of alkyl halides is 3. The van der Waals surface area contributed by atoms with E-state index in [-0.39, 0.29) is 5.69 Å². The molecule has 0 unspecified atom stereocenters. The fourth-order valence-corrected chi connectivity index (χ4v) is 3.94. The normalized spacial score (nSPS) is 17.1. The third kappa shape index (κ3) is 3.54. The summed E-state index contributed by atoms with van der Waals surface area (Å²) in [7, 11) is 0. The van der Waals surface area contributed by atoms with Crippen molar-refractivity contribution in [3.63, 3.8) is 0 Å². The molecule has 3 aromatic rings. The van der Waals surface area contributed by atoms with E-state index in [9.17, 15) is 18.0 Å². The van der Waals surface area contributed by atoms with Gasteiger partial charge in [0.05, 0.1) is 16.9 Å². The molecule has 0 amide bonds. The van der Waals surface area contributed by atoms with Crippen LogP contribution in [0.5, 0.6) is 0 Å². The van der Waals surface area contributed by atoms with E-state index in [4.69, 9.17) is 0 Å². The lowest BCUT2D eigenvalue weighted by molar-refractivity contribution is -0.141. The van der Waals surface area contributed by atoms with Gasteiger partial charge in [-0.05, 0) is 61.3 Å². The molecule has 2 aromatic heterocycles. The summed E-state index contributed by atoms with van der Waals surface area (Å²) in [4.78, 5) is 20.7. The molecule has 150 valence electrons. The van der Waals surface area contributed by atoms with Crippen LogP contribution in [-0.4, -0.2) is 14.5 Å². The molecule has 0 bridgehead atoms. The number of nitrogens with zero attached hydrogens (tertiary/aromatic N) is 3. The van der Waals surface area contributed by atoms with Crippen LogP contribution in [-0.2, 0) is 12.6 Å². The fraction of sp³-hybridized carbons (Fsp3) is 0.409. The number of halogens is 3. The molecule has 2 aliphatic rings. The molecule has 0 radical (unpaired) electrons. The first-order valence-electron chi connectivity index (χ1n) is 10.00. The van der Waals surface area contributed by atoms with Gasteiger partial charge in [0.25, 0.3) is 0 Å². The van der Waals surface area contributed by atoms with E-state index >= 15 is 0 Å². The molecule has 1 aromatic carbocycles. The third-order valence-electron chi connectivity index (χ3n) is 5.83. The predicted molar refractivity (Wildman–Crippen MR) is 103 cm³/mol. The van der Waals surface area contributed by atoms with Crippen molar-refractivity contribution in [1.82, 2.24) is 14.5 Å². The summed E-state index contributed by atoms with van der Waals surface area (Å²) in [6, 6.07) is 8.49. The van der Waals surface area contributed by atoms with Gasteiger partial charge in [-0.25, -0.2) is 9.78 Å². The lowest BCUT2D eigenvalue weighted by atomic mass is 10.0. The van der Waals surface area contributed by atoms with Crippen molar-refractivity contribution in [2.45, 2.75) is 50.6 Å². The average molecular weight is 399 g/mol. The zero-order chi connectivity index (χ0) is 20.2. The van der Waals surface area contributed by atoms with Gasteiger partial charge in [0.15, 0.2) is 5.69 Å². The highest BCUT2D eigenvalue weighted by molar-refractivity contribution is 5.84. The number of aryl methyl sites for hydroxylation is 1. The molecular formula is C22H20F3N3O. The molecule has 0 spiro atoms. The minimum atomic E-state index is -4.67. The van der Waals surface area contributed by atoms with E-state index < -0.39 is 17.6 Å². The lowest BCUT2D eigenvalue weighted by Crippen LogP contribution is -2.26. The van der Waals surface area contributed by atoms with Gasteiger partial charge in [0.1, 0.15) is 0 Å². The lowest BCUT2D eigenvalue weighted by Gasteiger charge is -2.17. The fourth-order valence-electron chi connectivity index (χ4n) is 3.94. The summed E-state index contributed by atoms with van der Waals surface area (Å²) in [5.41, 5.74) is 0.181. The Kier molecular flexibility index (Phi) is 4.22. The summed E-state index contributed by atoms with van der Waals surface area (Å²) in [5.74, 6) is 1.09. The molecule has 2 heterocycles. The molecule has 2 fully saturated rings. The van der Waals surface area contributed by atoms with Gasteiger partial charge in [0.2, 0.25) is 0 Å². The Hall–Kier alpha value is -2.70. The maximum atomic E-state index is 13.6. The quantitative estimate of drug-likeness (QED) is 0.605. The summed E-state index contributed by atoms with van der Waals surface area (Å²) in [6.45, 7) is 0. The number of hydrogen-bond acceptors (Lipinski definition) is 3. The highest BCUT2D eigenvalue weighted by atomic mass is 19.4. The Morgan fingerprint density at radius 1 is 1.10 bits per heavy atom. The first-order valence-corrected chi connectivity index (χ1v) is 10.00. The van der Waals surface area contributed by atoms with Gasteiger partial charge in [-0.3, -0.25) is 4.57 Å². The number of fused-ring (bicyclic) bond motifs is 1. The van der Waals surface area contributed by atoms with Crippen molar-refractivity contribution in [2.24, 2.45) is 5.92 Å². The molecule has 5 rings (SSSR count). The highest BCUT2D eigenvalue weighted by Gasteiger charge is 2.36. The van der Waals surface area contributed by atoms with E-state index in [0.29, 0.717) is 29.5 Å². The molecule has 7 heteroatoms. The van der Waals surface area contributed by atoms with Crippen LogP contribution in [0.2, 0.25) is 0 Å². The summed E-state index contributed by atoms with van der Waals surface area (Å²) < 4.78 is 41.8. The van der Waals surface area contributed by atoms with E-state index in [0.717, 1.165) is 41.0 Å². The van der Waals surface area contributed by atoms with Gasteiger partial charge in [0, 0.05) is 11.6 Å². The van der Waals surface area contributed by atoms with E-state index in [2.05, 4.69) is 9.97 Å². The van der Waals surface area contributed by atoms with Crippen molar-refractivity contribution in [3.05, 3.63) is 64.0 Å². The van der Waals surface area contributed by atoms with Crippen LogP contribution in [0.4, 0.5) is 13.2 Å². The largest absolute Gasteiger partial charge is 0.435 e. The number of hydrogen-bond donors (Lipinski definition) is 0. The minimum Gasteiger partial charge on any atom is -0.258 e. The van der Waals surface area contributed by atoms with Crippen molar-refractivity contribution in [3.8, 4) is 5.69 Å². The Morgan fingerprint density at radius 3 is 2.59 bits per heavy atom.